The zero-order valence-electron chi connectivity index (χ0n) is 23.9. The van der Waals surface area contributed by atoms with Gasteiger partial charge in [0, 0.05) is 0 Å². The van der Waals surface area contributed by atoms with Gasteiger partial charge in [0.05, 0.1) is 6.10 Å². The molecule has 2 saturated carbocycles. The van der Waals surface area contributed by atoms with Crippen LogP contribution in [-0.4, -0.2) is 11.2 Å². The number of hydrogen-bond donors (Lipinski definition) is 1. The van der Waals surface area contributed by atoms with Gasteiger partial charge in [-0.05, 0) is 109 Å². The van der Waals surface area contributed by atoms with Crippen molar-refractivity contribution in [3.63, 3.8) is 0 Å². The average molecular weight is 457 g/mol. The number of fused-ring (bicyclic) bond motifs is 4. The van der Waals surface area contributed by atoms with E-state index in [1.165, 1.54) is 57.8 Å². The van der Waals surface area contributed by atoms with Crippen molar-refractivity contribution in [2.45, 2.75) is 140 Å². The summed E-state index contributed by atoms with van der Waals surface area (Å²) in [5.74, 6) is 3.13. The summed E-state index contributed by atoms with van der Waals surface area (Å²) in [4.78, 5) is 0. The van der Waals surface area contributed by atoms with Crippen LogP contribution in [0.5, 0.6) is 0 Å². The summed E-state index contributed by atoms with van der Waals surface area (Å²) in [7, 11) is 0. The Hall–Kier alpha value is -0.300. The van der Waals surface area contributed by atoms with Gasteiger partial charge in [-0.25, -0.2) is 0 Å². The third-order valence-electron chi connectivity index (χ3n) is 13.0. The average Bonchev–Trinajstić information content (AvgIpc) is 3.00. The van der Waals surface area contributed by atoms with E-state index in [1.807, 2.05) is 11.1 Å². The van der Waals surface area contributed by atoms with E-state index >= 15 is 0 Å². The Kier molecular flexibility index (Phi) is 6.34. The molecule has 0 aromatic carbocycles. The fraction of sp³-hybridized carbons (Fsp3) is 0.938. The van der Waals surface area contributed by atoms with Crippen LogP contribution in [0.1, 0.15) is 133 Å². The third-order valence-corrected chi connectivity index (χ3v) is 13.0. The predicted molar refractivity (Wildman–Crippen MR) is 142 cm³/mol. The zero-order valence-corrected chi connectivity index (χ0v) is 23.9. The molecule has 8 atom stereocenters. The van der Waals surface area contributed by atoms with Gasteiger partial charge in [-0.3, -0.25) is 0 Å². The van der Waals surface area contributed by atoms with Crippen LogP contribution in [0.4, 0.5) is 0 Å². The van der Waals surface area contributed by atoms with Gasteiger partial charge in [0.25, 0.3) is 0 Å². The number of rotatable bonds is 4. The summed E-state index contributed by atoms with van der Waals surface area (Å²) >= 11 is 0. The first-order valence-corrected chi connectivity index (χ1v) is 14.5. The molecule has 0 bridgehead atoms. The van der Waals surface area contributed by atoms with Gasteiger partial charge in [-0.15, -0.1) is 0 Å². The van der Waals surface area contributed by atoms with E-state index in [-0.39, 0.29) is 11.5 Å². The normalized spacial score (nSPS) is 44.6. The molecule has 0 aromatic heterocycles. The van der Waals surface area contributed by atoms with Crippen molar-refractivity contribution in [2.75, 3.05) is 0 Å². The Morgan fingerprint density at radius 2 is 1.52 bits per heavy atom. The van der Waals surface area contributed by atoms with Crippen LogP contribution in [0.2, 0.25) is 0 Å². The second-order valence-corrected chi connectivity index (χ2v) is 15.6. The van der Waals surface area contributed by atoms with Crippen molar-refractivity contribution in [3.8, 4) is 0 Å². The van der Waals surface area contributed by atoms with Gasteiger partial charge in [0.2, 0.25) is 0 Å². The quantitative estimate of drug-likeness (QED) is 0.418. The summed E-state index contributed by atoms with van der Waals surface area (Å²) in [6.45, 7) is 25.0. The van der Waals surface area contributed by atoms with Crippen molar-refractivity contribution >= 4 is 0 Å². The predicted octanol–water partition coefficient (Wildman–Crippen LogP) is 9.20. The van der Waals surface area contributed by atoms with Crippen LogP contribution in [0.3, 0.4) is 0 Å². The highest BCUT2D eigenvalue weighted by Crippen LogP contribution is 2.72. The third kappa shape index (κ3) is 3.72. The Morgan fingerprint density at radius 3 is 2.15 bits per heavy atom. The second-order valence-electron chi connectivity index (χ2n) is 15.6. The highest BCUT2D eigenvalue weighted by atomic mass is 16.3. The van der Waals surface area contributed by atoms with E-state index in [4.69, 9.17) is 0 Å². The first-order valence-electron chi connectivity index (χ1n) is 14.5. The Labute approximate surface area is 206 Å². The maximum Gasteiger partial charge on any atom is 0.0594 e. The molecule has 2 fully saturated rings. The highest BCUT2D eigenvalue weighted by Gasteiger charge is 2.63. The summed E-state index contributed by atoms with van der Waals surface area (Å²) in [5, 5.41) is 10.8. The maximum absolute atomic E-state index is 10.8. The van der Waals surface area contributed by atoms with E-state index in [2.05, 4.69) is 69.2 Å². The lowest BCUT2D eigenvalue weighted by atomic mass is 9.43. The van der Waals surface area contributed by atoms with Gasteiger partial charge in [0.1, 0.15) is 0 Å². The molecule has 0 aliphatic heterocycles. The van der Waals surface area contributed by atoms with Crippen LogP contribution >= 0.6 is 0 Å². The lowest BCUT2D eigenvalue weighted by Crippen LogP contribution is -2.55. The van der Waals surface area contributed by atoms with Gasteiger partial charge in [-0.1, -0.05) is 86.8 Å². The van der Waals surface area contributed by atoms with E-state index in [1.54, 1.807) is 0 Å². The summed E-state index contributed by atoms with van der Waals surface area (Å²) in [5.41, 5.74) is 5.38. The molecule has 0 radical (unpaired) electrons. The molecule has 4 rings (SSSR count). The molecule has 4 aliphatic rings. The lowest BCUT2D eigenvalue weighted by molar-refractivity contribution is -0.0962. The molecule has 4 aliphatic carbocycles. The minimum absolute atomic E-state index is 0.0453. The van der Waals surface area contributed by atoms with E-state index in [9.17, 15) is 5.11 Å². The summed E-state index contributed by atoms with van der Waals surface area (Å²) in [6, 6.07) is 0. The molecule has 190 valence electrons. The molecule has 0 aromatic rings. The number of aliphatic hydroxyl groups excluding tert-OH is 1. The van der Waals surface area contributed by atoms with Gasteiger partial charge in [0.15, 0.2) is 0 Å². The van der Waals surface area contributed by atoms with Crippen molar-refractivity contribution in [1.29, 1.82) is 0 Å². The Balaban J connectivity index is 1.60. The van der Waals surface area contributed by atoms with Gasteiger partial charge in [-0.2, -0.15) is 0 Å². The van der Waals surface area contributed by atoms with Crippen LogP contribution in [0.25, 0.3) is 0 Å². The molecular weight excluding hydrogens is 400 g/mol. The molecule has 1 heteroatoms. The molecule has 0 amide bonds. The second kappa shape index (κ2) is 8.11. The molecule has 1 nitrogen and oxygen atoms in total. The molecular formula is C32H56O. The van der Waals surface area contributed by atoms with Gasteiger partial charge >= 0.3 is 0 Å². The van der Waals surface area contributed by atoms with Crippen LogP contribution < -0.4 is 0 Å². The largest absolute Gasteiger partial charge is 0.393 e. The van der Waals surface area contributed by atoms with E-state index in [0.29, 0.717) is 27.6 Å². The maximum atomic E-state index is 10.8. The smallest absolute Gasteiger partial charge is 0.0594 e. The molecule has 33 heavy (non-hydrogen) atoms. The van der Waals surface area contributed by atoms with Crippen molar-refractivity contribution in [3.05, 3.63) is 11.1 Å². The lowest BCUT2D eigenvalue weighted by Gasteiger charge is -2.62. The molecule has 1 N–H and O–H groups in total. The topological polar surface area (TPSA) is 20.2 Å². The molecule has 3 unspecified atom stereocenters. The van der Waals surface area contributed by atoms with Crippen LogP contribution in [0, 0.1) is 50.7 Å². The highest BCUT2D eigenvalue weighted by molar-refractivity contribution is 5.38. The number of aliphatic hydroxyl groups is 1. The van der Waals surface area contributed by atoms with Gasteiger partial charge < -0.3 is 5.11 Å². The monoisotopic (exact) mass is 456 g/mol. The Bertz CT molecular complexity index is 783. The Morgan fingerprint density at radius 1 is 0.848 bits per heavy atom. The summed E-state index contributed by atoms with van der Waals surface area (Å²) < 4.78 is 0. The van der Waals surface area contributed by atoms with Crippen LogP contribution in [-0.2, 0) is 0 Å². The minimum Gasteiger partial charge on any atom is -0.393 e. The first kappa shape index (κ1) is 25.8. The standard InChI is InChI=1S/C32H56O/c1-21(11-12-22(2)28(3,4)5)23-15-19-32(10)25-13-14-26-29(6,7)27(33)17-18-30(26,8)24(25)16-20-31(23,32)9/h21-23,26-27,33H,11-20H2,1-10H3/t21-,22?,23?,26?,27+,30-,31-,32+/m1/s1. The number of hydrogen-bond acceptors (Lipinski definition) is 1. The molecule has 0 spiro atoms. The van der Waals surface area contributed by atoms with Crippen LogP contribution in [0.15, 0.2) is 11.1 Å². The molecule has 0 heterocycles. The molecule has 0 saturated heterocycles. The fourth-order valence-electron chi connectivity index (χ4n) is 9.78. The van der Waals surface area contributed by atoms with Crippen molar-refractivity contribution in [2.24, 2.45) is 50.7 Å². The fourth-order valence-corrected chi connectivity index (χ4v) is 9.78. The SMILES string of the molecule is CC(CC[C@@H](C)C1CC[C@@]2(C)C3=C(CC[C@]12C)[C@@]1(C)CC[C@H](O)C(C)(C)C1CC3)C(C)(C)C. The number of allylic oxidation sites excluding steroid dienone is 2. The van der Waals surface area contributed by atoms with Crippen molar-refractivity contribution in [1.82, 2.24) is 0 Å². The van der Waals surface area contributed by atoms with E-state index < -0.39 is 0 Å². The first-order chi connectivity index (χ1) is 15.1. The minimum atomic E-state index is -0.130. The van der Waals surface area contributed by atoms with E-state index in [0.717, 1.165) is 24.2 Å². The summed E-state index contributed by atoms with van der Waals surface area (Å²) in [6.07, 6.45) is 12.9. The zero-order chi connectivity index (χ0) is 24.6. The van der Waals surface area contributed by atoms with Crippen molar-refractivity contribution < 1.29 is 5.11 Å².